The van der Waals surface area contributed by atoms with Crippen LogP contribution in [0.4, 0.5) is 29.3 Å². The van der Waals surface area contributed by atoms with Gasteiger partial charge in [-0.1, -0.05) is 6.92 Å². The standard InChI is InChI=1S/C19H23F3N4O4/c1-2-24-7-10-3-5-25(8-10)17-13(21)15(23)12-16(14(17)22)26(6-4-20)9-11(18(12)27)30-19(28)29/h9-10,24H,2-8,23H2,1H3,(H,28,29). The van der Waals surface area contributed by atoms with Crippen molar-refractivity contribution in [3.05, 3.63) is 28.1 Å². The Hall–Kier alpha value is -2.95. The monoisotopic (exact) mass is 428 g/mol. The summed E-state index contributed by atoms with van der Waals surface area (Å²) in [4.78, 5) is 25.0. The Balaban J connectivity index is 2.19. The molecular weight excluding hydrogens is 405 g/mol. The van der Waals surface area contributed by atoms with Gasteiger partial charge in [0.05, 0.1) is 29.3 Å². The number of carbonyl (C=O) groups is 1. The zero-order valence-corrected chi connectivity index (χ0v) is 16.4. The molecule has 1 aromatic heterocycles. The van der Waals surface area contributed by atoms with E-state index in [1.807, 2.05) is 6.92 Å². The number of alkyl halides is 1. The minimum absolute atomic E-state index is 0.181. The summed E-state index contributed by atoms with van der Waals surface area (Å²) in [5, 5.41) is 11.4. The van der Waals surface area contributed by atoms with Gasteiger partial charge in [-0.05, 0) is 25.4 Å². The summed E-state index contributed by atoms with van der Waals surface area (Å²) in [6.45, 7) is 2.87. The molecule has 1 aliphatic rings. The summed E-state index contributed by atoms with van der Waals surface area (Å²) in [7, 11) is 0. The van der Waals surface area contributed by atoms with Gasteiger partial charge in [0.2, 0.25) is 5.43 Å². The highest BCUT2D eigenvalue weighted by Crippen LogP contribution is 2.37. The molecule has 0 spiro atoms. The summed E-state index contributed by atoms with van der Waals surface area (Å²) < 4.78 is 49.1. The Bertz CT molecular complexity index is 1030. The van der Waals surface area contributed by atoms with Crippen LogP contribution < -0.4 is 26.1 Å². The first-order valence-corrected chi connectivity index (χ1v) is 9.56. The van der Waals surface area contributed by atoms with Gasteiger partial charge in [-0.25, -0.2) is 18.0 Å². The predicted octanol–water partition coefficient (Wildman–Crippen LogP) is 2.32. The fourth-order valence-electron chi connectivity index (χ4n) is 3.83. The molecule has 164 valence electrons. The molecule has 4 N–H and O–H groups in total. The molecule has 11 heteroatoms. The number of anilines is 2. The van der Waals surface area contributed by atoms with Crippen LogP contribution in [0.5, 0.6) is 5.75 Å². The average Bonchev–Trinajstić information content (AvgIpc) is 3.15. The molecule has 0 radical (unpaired) electrons. The summed E-state index contributed by atoms with van der Waals surface area (Å²) in [5.41, 5.74) is 3.36. The number of nitrogens with one attached hydrogen (secondary N) is 1. The van der Waals surface area contributed by atoms with E-state index in [0.29, 0.717) is 26.1 Å². The molecule has 1 aromatic carbocycles. The van der Waals surface area contributed by atoms with Crippen molar-refractivity contribution < 1.29 is 27.8 Å². The molecule has 0 amide bonds. The van der Waals surface area contributed by atoms with E-state index in [9.17, 15) is 14.0 Å². The van der Waals surface area contributed by atoms with Crippen molar-refractivity contribution >= 4 is 28.4 Å². The molecule has 0 saturated carbocycles. The molecule has 0 bridgehead atoms. The average molecular weight is 428 g/mol. The number of pyridine rings is 1. The molecule has 0 aliphatic carbocycles. The second-order valence-corrected chi connectivity index (χ2v) is 7.10. The van der Waals surface area contributed by atoms with E-state index >= 15 is 8.78 Å². The smallest absolute Gasteiger partial charge is 0.449 e. The highest BCUT2D eigenvalue weighted by molar-refractivity contribution is 5.96. The van der Waals surface area contributed by atoms with Gasteiger partial charge in [0.15, 0.2) is 17.4 Å². The summed E-state index contributed by atoms with van der Waals surface area (Å²) >= 11 is 0. The van der Waals surface area contributed by atoms with Crippen LogP contribution in [-0.4, -0.2) is 48.7 Å². The number of nitrogens with zero attached hydrogens (tertiary/aromatic N) is 2. The van der Waals surface area contributed by atoms with Gasteiger partial charge >= 0.3 is 6.16 Å². The molecule has 2 aromatic rings. The Morgan fingerprint density at radius 1 is 1.40 bits per heavy atom. The third-order valence-electron chi connectivity index (χ3n) is 5.19. The van der Waals surface area contributed by atoms with Crippen molar-refractivity contribution in [1.29, 1.82) is 0 Å². The maximum atomic E-state index is 15.5. The van der Waals surface area contributed by atoms with E-state index in [1.165, 1.54) is 4.90 Å². The first kappa shape index (κ1) is 21.8. The maximum absolute atomic E-state index is 15.5. The molecule has 1 saturated heterocycles. The first-order valence-electron chi connectivity index (χ1n) is 9.56. The van der Waals surface area contributed by atoms with Gasteiger partial charge in [-0.3, -0.25) is 4.79 Å². The summed E-state index contributed by atoms with van der Waals surface area (Å²) in [6, 6.07) is 0. The van der Waals surface area contributed by atoms with Crippen molar-refractivity contribution in [1.82, 2.24) is 9.88 Å². The van der Waals surface area contributed by atoms with Crippen LogP contribution in [0.15, 0.2) is 11.0 Å². The number of carboxylic acid groups (broad SMARTS) is 1. The molecule has 1 aliphatic heterocycles. The quantitative estimate of drug-likeness (QED) is 0.459. The van der Waals surface area contributed by atoms with Gasteiger partial charge in [-0.15, -0.1) is 0 Å². The van der Waals surface area contributed by atoms with Crippen LogP contribution in [0, 0.1) is 17.6 Å². The van der Waals surface area contributed by atoms with E-state index in [1.54, 1.807) is 0 Å². The number of aryl methyl sites for hydroxylation is 1. The topological polar surface area (TPSA) is 110 Å². The second kappa shape index (κ2) is 8.82. The zero-order valence-electron chi connectivity index (χ0n) is 16.4. The number of halogens is 3. The first-order chi connectivity index (χ1) is 14.3. The lowest BCUT2D eigenvalue weighted by atomic mass is 10.1. The van der Waals surface area contributed by atoms with Gasteiger partial charge in [0.25, 0.3) is 0 Å². The molecule has 3 rings (SSSR count). The molecule has 8 nitrogen and oxygen atoms in total. The third kappa shape index (κ3) is 3.89. The van der Waals surface area contributed by atoms with E-state index in [-0.39, 0.29) is 17.1 Å². The molecule has 2 heterocycles. The fraction of sp³-hybridized carbons (Fsp3) is 0.474. The molecule has 30 heavy (non-hydrogen) atoms. The van der Waals surface area contributed by atoms with Crippen LogP contribution in [0.2, 0.25) is 0 Å². The number of benzene rings is 1. The number of nitrogens with two attached hydrogens (primary N) is 1. The minimum Gasteiger partial charge on any atom is -0.449 e. The summed E-state index contributed by atoms with van der Waals surface area (Å²) in [6.07, 6.45) is -0.189. The van der Waals surface area contributed by atoms with Crippen LogP contribution in [0.1, 0.15) is 13.3 Å². The van der Waals surface area contributed by atoms with Gasteiger partial charge < -0.3 is 30.4 Å². The van der Waals surface area contributed by atoms with Crippen LogP contribution in [-0.2, 0) is 6.54 Å². The second-order valence-electron chi connectivity index (χ2n) is 7.10. The van der Waals surface area contributed by atoms with Gasteiger partial charge in [-0.2, -0.15) is 0 Å². The Labute approximate surface area is 170 Å². The highest BCUT2D eigenvalue weighted by Gasteiger charge is 2.31. The Morgan fingerprint density at radius 2 is 2.13 bits per heavy atom. The largest absolute Gasteiger partial charge is 0.511 e. The van der Waals surface area contributed by atoms with E-state index < -0.39 is 53.3 Å². The number of ether oxygens (including phenoxy) is 1. The van der Waals surface area contributed by atoms with Crippen LogP contribution in [0.3, 0.4) is 0 Å². The van der Waals surface area contributed by atoms with Crippen molar-refractivity contribution in [2.24, 2.45) is 5.92 Å². The SMILES string of the molecule is CCNCC1CCN(c2c(F)c(N)c3c(=O)c(OC(=O)O)cn(CCF)c3c2F)C1. The number of rotatable bonds is 7. The number of hydrogen-bond donors (Lipinski definition) is 3. The van der Waals surface area contributed by atoms with Crippen molar-refractivity contribution in [3.63, 3.8) is 0 Å². The lowest BCUT2D eigenvalue weighted by Crippen LogP contribution is -2.28. The molecule has 1 atom stereocenters. The number of nitrogen functional groups attached to an aromatic ring is 1. The van der Waals surface area contributed by atoms with E-state index in [4.69, 9.17) is 10.8 Å². The lowest BCUT2D eigenvalue weighted by molar-refractivity contribution is 0.143. The minimum atomic E-state index is -1.79. The van der Waals surface area contributed by atoms with E-state index in [2.05, 4.69) is 10.1 Å². The van der Waals surface area contributed by atoms with Crippen molar-refractivity contribution in [3.8, 4) is 5.75 Å². The number of aromatic nitrogens is 1. The molecular formula is C19H23F3N4O4. The van der Waals surface area contributed by atoms with E-state index in [0.717, 1.165) is 17.3 Å². The molecule has 1 fully saturated rings. The normalized spacial score (nSPS) is 16.4. The summed E-state index contributed by atoms with van der Waals surface area (Å²) in [5.74, 6) is -2.69. The third-order valence-corrected chi connectivity index (χ3v) is 5.19. The van der Waals surface area contributed by atoms with Crippen molar-refractivity contribution in [2.75, 3.05) is 43.5 Å². The Kier molecular flexibility index (Phi) is 6.40. The number of hydrogen-bond acceptors (Lipinski definition) is 6. The van der Waals surface area contributed by atoms with Crippen molar-refractivity contribution in [2.45, 2.75) is 19.9 Å². The predicted molar refractivity (Wildman–Crippen MR) is 106 cm³/mol. The lowest BCUT2D eigenvalue weighted by Gasteiger charge is -2.23. The van der Waals surface area contributed by atoms with Gasteiger partial charge in [0.1, 0.15) is 12.4 Å². The maximum Gasteiger partial charge on any atom is 0.511 e. The van der Waals surface area contributed by atoms with Gasteiger partial charge in [0, 0.05) is 13.1 Å². The highest BCUT2D eigenvalue weighted by atomic mass is 19.1. The number of fused-ring (bicyclic) bond motifs is 1. The van der Waals surface area contributed by atoms with Crippen LogP contribution >= 0.6 is 0 Å². The fourth-order valence-corrected chi connectivity index (χ4v) is 3.83. The Morgan fingerprint density at radius 3 is 2.77 bits per heavy atom. The van der Waals surface area contributed by atoms with Crippen LogP contribution in [0.25, 0.3) is 10.9 Å². The molecule has 1 unspecified atom stereocenters. The zero-order chi connectivity index (χ0) is 22.0.